The van der Waals surface area contributed by atoms with Crippen molar-refractivity contribution in [2.45, 2.75) is 420 Å². The van der Waals surface area contributed by atoms with Crippen molar-refractivity contribution in [3.05, 3.63) is 0 Å². The molecule has 8 heterocycles. The summed E-state index contributed by atoms with van der Waals surface area (Å²) in [7, 11) is 0. The van der Waals surface area contributed by atoms with Crippen molar-refractivity contribution in [3.63, 3.8) is 0 Å². The van der Waals surface area contributed by atoms with Crippen LogP contribution in [-0.2, 0) is 90.5 Å². The molecule has 28 unspecified atom stereocenters. The molecule has 8 aliphatic heterocycles. The maximum absolute atomic E-state index is 11.2. The summed E-state index contributed by atoms with van der Waals surface area (Å²) in [4.78, 5) is 98.3. The van der Waals surface area contributed by atoms with Crippen molar-refractivity contribution < 1.29 is 142 Å². The van der Waals surface area contributed by atoms with Gasteiger partial charge in [-0.3, -0.25) is 43.2 Å². The Balaban J connectivity index is 0.000000450. The highest BCUT2D eigenvalue weighted by Crippen LogP contribution is 2.44. The van der Waals surface area contributed by atoms with E-state index in [2.05, 4.69) is 41.5 Å². The van der Waals surface area contributed by atoms with Gasteiger partial charge >= 0.3 is 53.7 Å². The van der Waals surface area contributed by atoms with E-state index in [1.807, 2.05) is 48.5 Å². The molecule has 8 fully saturated rings. The lowest BCUT2D eigenvalue weighted by Crippen LogP contribution is -2.37. The van der Waals surface area contributed by atoms with Crippen molar-refractivity contribution in [2.24, 2.45) is 52.8 Å². The van der Waals surface area contributed by atoms with E-state index in [-0.39, 0.29) is 141 Å². The number of hydrogen-bond acceptors (Lipinski definition) is 21. The number of aliphatic hydroxyl groups excluding tert-OH is 1. The fourth-order valence-corrected chi connectivity index (χ4v) is 17.7. The van der Waals surface area contributed by atoms with E-state index in [0.717, 1.165) is 122 Å². The van der Waals surface area contributed by atoms with Gasteiger partial charge in [0, 0.05) is 25.4 Å². The van der Waals surface area contributed by atoms with Crippen molar-refractivity contribution in [1.82, 2.24) is 0 Å². The second kappa shape index (κ2) is 52.6. The molecule has 0 amide bonds. The summed E-state index contributed by atoms with van der Waals surface area (Å²) in [5, 5.41) is 91.3. The van der Waals surface area contributed by atoms with Gasteiger partial charge in [-0.25, -0.2) is 0 Å². The molecule has 10 N–H and O–H groups in total. The average Bonchev–Trinajstić information content (AvgIpc) is 1.65. The van der Waals surface area contributed by atoms with Crippen molar-refractivity contribution in [1.29, 1.82) is 0 Å². The lowest BCUT2D eigenvalue weighted by Gasteiger charge is -2.31. The first-order valence-electron chi connectivity index (χ1n) is 42.4. The van der Waals surface area contributed by atoms with Gasteiger partial charge in [0.05, 0.1) is 152 Å². The minimum absolute atomic E-state index is 0.0139. The lowest BCUT2D eigenvalue weighted by atomic mass is 9.80. The van der Waals surface area contributed by atoms with Crippen LogP contribution in [0, 0.1) is 52.8 Å². The SMILES string of the molecule is CCC1CC(C(CC(=O)O)OC(C)=O)C(CC)O1.CCC1CC(C(CC(=O)O)OC2CCCCO2)C(CC)O1.CCC1CC(C)(C(=O)O)C(CC)O1.CCC1CC(CC(C)(O)CC(=O)O)C(CC)O1.CCC1CC(CC(O)CC(=O)O)C(CC)O1.CCC1OC(CC)C(C(=O)O)C1C.CCC1OC(CC)C(C(=O)O)C1C(=O)O. The molecule has 28 atom stereocenters. The Kier molecular flexibility index (Phi) is 48.3. The Labute approximate surface area is 672 Å². The van der Waals surface area contributed by atoms with E-state index < -0.39 is 101 Å². The third kappa shape index (κ3) is 34.0. The molecule has 8 rings (SSSR count). The molecule has 0 aromatic heterocycles. The van der Waals surface area contributed by atoms with Crippen LogP contribution in [0.1, 0.15) is 304 Å². The molecular weight excluding hydrogens is 1470 g/mol. The van der Waals surface area contributed by atoms with Gasteiger partial charge in [-0.2, -0.15) is 0 Å². The van der Waals surface area contributed by atoms with E-state index in [0.29, 0.717) is 44.6 Å². The highest BCUT2D eigenvalue weighted by molar-refractivity contribution is 5.82. The molecule has 0 radical (unpaired) electrons. The number of aliphatic carboxylic acids is 8. The van der Waals surface area contributed by atoms with Gasteiger partial charge in [0.15, 0.2) is 6.29 Å². The first-order valence-corrected chi connectivity index (χ1v) is 42.4. The zero-order chi connectivity index (χ0) is 85.8. The van der Waals surface area contributed by atoms with Crippen LogP contribution in [0.3, 0.4) is 0 Å². The Morgan fingerprint density at radius 2 is 0.850 bits per heavy atom. The van der Waals surface area contributed by atoms with Crippen LogP contribution in [-0.4, -0.2) is 227 Å². The molecule has 29 nitrogen and oxygen atoms in total. The third-order valence-electron chi connectivity index (χ3n) is 23.8. The van der Waals surface area contributed by atoms with Gasteiger partial charge in [-0.1, -0.05) is 104 Å². The summed E-state index contributed by atoms with van der Waals surface area (Å²) in [6, 6.07) is 0. The molecule has 0 spiro atoms. The van der Waals surface area contributed by atoms with Gasteiger partial charge in [0.25, 0.3) is 0 Å². The fraction of sp³-hybridized carbons (Fsp3) is 0.893. The zero-order valence-electron chi connectivity index (χ0n) is 71.2. The maximum atomic E-state index is 11.2. The van der Waals surface area contributed by atoms with Crippen LogP contribution in [0.2, 0.25) is 0 Å². The number of carboxylic acid groups (broad SMARTS) is 8. The number of carboxylic acids is 8. The second-order valence-corrected chi connectivity index (χ2v) is 32.3. The summed E-state index contributed by atoms with van der Waals surface area (Å²) in [6.07, 6.45) is 18.1. The molecule has 658 valence electrons. The van der Waals surface area contributed by atoms with Crippen LogP contribution in [0.15, 0.2) is 0 Å². The number of carbonyl (C=O) groups is 9. The first kappa shape index (κ1) is 104. The quantitative estimate of drug-likeness (QED) is 0.0263. The second-order valence-electron chi connectivity index (χ2n) is 32.3. The fourth-order valence-electron chi connectivity index (χ4n) is 17.7. The van der Waals surface area contributed by atoms with E-state index in [1.165, 1.54) is 6.92 Å². The Morgan fingerprint density at radius 3 is 1.21 bits per heavy atom. The van der Waals surface area contributed by atoms with Crippen molar-refractivity contribution in [3.8, 4) is 0 Å². The summed E-state index contributed by atoms with van der Waals surface area (Å²) < 4.78 is 57.1. The Morgan fingerprint density at radius 1 is 0.451 bits per heavy atom. The highest BCUT2D eigenvalue weighted by atomic mass is 16.7. The topological polar surface area (TPSA) is 448 Å². The molecule has 0 saturated carbocycles. The van der Waals surface area contributed by atoms with Gasteiger partial charge in [-0.15, -0.1) is 0 Å². The summed E-state index contributed by atoms with van der Waals surface area (Å²) in [5.41, 5.74) is -1.80. The van der Waals surface area contributed by atoms with Crippen LogP contribution >= 0.6 is 0 Å². The maximum Gasteiger partial charge on any atom is 0.312 e. The summed E-state index contributed by atoms with van der Waals surface area (Å²) in [6.45, 7) is 35.6. The van der Waals surface area contributed by atoms with Crippen molar-refractivity contribution in [2.75, 3.05) is 6.61 Å². The lowest BCUT2D eigenvalue weighted by molar-refractivity contribution is -0.205. The smallest absolute Gasteiger partial charge is 0.312 e. The Hall–Kier alpha value is -5.21. The summed E-state index contributed by atoms with van der Waals surface area (Å²) in [5.74, 6) is -8.96. The minimum atomic E-state index is -1.13. The predicted octanol–water partition coefficient (Wildman–Crippen LogP) is 13.9. The molecule has 0 aliphatic carbocycles. The molecule has 0 aromatic rings. The van der Waals surface area contributed by atoms with Gasteiger partial charge in [-0.05, 0) is 186 Å². The average molecular weight is 1620 g/mol. The van der Waals surface area contributed by atoms with E-state index in [9.17, 15) is 58.5 Å². The van der Waals surface area contributed by atoms with Crippen LogP contribution in [0.4, 0.5) is 0 Å². The van der Waals surface area contributed by atoms with Gasteiger partial charge < -0.3 is 98.4 Å². The number of hydrogen-bond donors (Lipinski definition) is 10. The van der Waals surface area contributed by atoms with Crippen LogP contribution in [0.25, 0.3) is 0 Å². The normalized spacial score (nSPS) is 34.1. The van der Waals surface area contributed by atoms with Gasteiger partial charge in [0.2, 0.25) is 0 Å². The highest BCUT2D eigenvalue weighted by Gasteiger charge is 2.52. The Bertz CT molecular complexity index is 2750. The monoisotopic (exact) mass is 1620 g/mol. The number of carbonyl (C=O) groups excluding carboxylic acids is 1. The number of rotatable bonds is 35. The largest absolute Gasteiger partial charge is 0.481 e. The molecular formula is C84H148O29. The molecule has 0 bridgehead atoms. The van der Waals surface area contributed by atoms with E-state index in [4.69, 9.17) is 83.1 Å². The van der Waals surface area contributed by atoms with Crippen LogP contribution < -0.4 is 0 Å². The minimum Gasteiger partial charge on any atom is -0.481 e. The molecule has 8 saturated heterocycles. The van der Waals surface area contributed by atoms with Crippen molar-refractivity contribution >= 4 is 53.7 Å². The van der Waals surface area contributed by atoms with E-state index >= 15 is 0 Å². The van der Waals surface area contributed by atoms with Crippen LogP contribution in [0.5, 0.6) is 0 Å². The molecule has 0 aromatic carbocycles. The first-order chi connectivity index (χ1) is 53.2. The van der Waals surface area contributed by atoms with Gasteiger partial charge in [0.1, 0.15) is 6.10 Å². The zero-order valence-corrected chi connectivity index (χ0v) is 71.2. The van der Waals surface area contributed by atoms with E-state index in [1.54, 1.807) is 27.7 Å². The predicted molar refractivity (Wildman–Crippen MR) is 419 cm³/mol. The summed E-state index contributed by atoms with van der Waals surface area (Å²) >= 11 is 0. The number of aliphatic hydroxyl groups is 2. The molecule has 113 heavy (non-hydrogen) atoms. The molecule has 29 heteroatoms. The number of ether oxygens (including phenoxy) is 10. The number of esters is 1. The third-order valence-corrected chi connectivity index (χ3v) is 23.8. The standard InChI is InChI=1S/C16H28O5.C13H22O5.C13H24O4.C12H22O4.C10H16O5.2C10H18O3/c1-3-11-9-12(13(4-2)20-11)14(10-15(17)18)21-16-7-5-6-8-19-16;1-4-9-6-10(11(5-2)18-9)12(7-13(15)16)17-8(3)14;1-4-10-6-9(11(5-2)17-10)7-13(3,16)8-12(14)15;1-3-10-6-8(11(4-2)16-10)5-9(13)7-12(14)15;1-3-5-7(9(11)12)8(10(13)14)6(4-2)15-5;1-4-7-6-10(3,9(11)12)8(5-2)13-7;1-4-7-6(3)9(10(11)12)8(5-2)13-7/h11-14,16H,3-10H2,1-2H3,(H,17,18);9-12H,4-7H2,1-3H3,(H,15,16);9-11,16H,4-8H2,1-3H3,(H,14,15);8-11,13H,3-7H2,1-2H3,(H,14,15);5-8H,3-4H2,1-2H3,(H,11,12)(H,13,14);7-8H,4-6H2,1-3H3,(H,11,12);6-9H,4-5H2,1-3H3,(H,11,12). The molecule has 8 aliphatic rings.